The van der Waals surface area contributed by atoms with Crippen LogP contribution >= 0.6 is 0 Å². The zero-order valence-corrected chi connectivity index (χ0v) is 13.5. The van der Waals surface area contributed by atoms with Gasteiger partial charge in [-0.25, -0.2) is 13.1 Å². The van der Waals surface area contributed by atoms with E-state index in [4.69, 9.17) is 0 Å². The van der Waals surface area contributed by atoms with Gasteiger partial charge in [-0.05, 0) is 17.5 Å². The quantitative estimate of drug-likeness (QED) is 0.622. The van der Waals surface area contributed by atoms with E-state index in [-0.39, 0.29) is 17.5 Å². The summed E-state index contributed by atoms with van der Waals surface area (Å²) >= 11 is 0. The number of benzene rings is 2. The van der Waals surface area contributed by atoms with Gasteiger partial charge in [0.1, 0.15) is 0 Å². The average Bonchev–Trinajstić information content (AvgIpc) is 2.53. The van der Waals surface area contributed by atoms with Gasteiger partial charge in [-0.2, -0.15) is 0 Å². The van der Waals surface area contributed by atoms with Gasteiger partial charge in [-0.15, -0.1) is 0 Å². The van der Waals surface area contributed by atoms with Crippen molar-refractivity contribution in [1.29, 1.82) is 0 Å². The van der Waals surface area contributed by atoms with E-state index in [2.05, 4.69) is 4.72 Å². The van der Waals surface area contributed by atoms with Crippen LogP contribution in [0.25, 0.3) is 0 Å². The van der Waals surface area contributed by atoms with Crippen LogP contribution in [0.1, 0.15) is 30.5 Å². The number of rotatable bonds is 7. The first-order valence-electron chi connectivity index (χ1n) is 7.19. The van der Waals surface area contributed by atoms with E-state index in [1.54, 1.807) is 6.07 Å². The number of nitro groups is 1. The number of nitro benzene ring substituents is 1. The first-order chi connectivity index (χ1) is 10.9. The highest BCUT2D eigenvalue weighted by molar-refractivity contribution is 7.88. The third-order valence-electron chi connectivity index (χ3n) is 3.41. The van der Waals surface area contributed by atoms with Crippen molar-refractivity contribution in [2.24, 2.45) is 0 Å². The summed E-state index contributed by atoms with van der Waals surface area (Å²) in [5.41, 5.74) is 1.15. The fraction of sp³-hybridized carbons (Fsp3) is 0.250. The molecule has 0 aliphatic heterocycles. The first-order valence-corrected chi connectivity index (χ1v) is 8.85. The Morgan fingerprint density at radius 1 is 1.13 bits per heavy atom. The highest BCUT2D eigenvalue weighted by Crippen LogP contribution is 2.19. The van der Waals surface area contributed by atoms with Crippen LogP contribution < -0.4 is 4.72 Å². The number of non-ortho nitro benzene ring substituents is 1. The number of sulfonamides is 1. The Bertz CT molecular complexity index is 776. The monoisotopic (exact) mass is 334 g/mol. The van der Waals surface area contributed by atoms with Crippen LogP contribution in [0.5, 0.6) is 0 Å². The Morgan fingerprint density at radius 2 is 1.83 bits per heavy atom. The molecule has 0 aliphatic carbocycles. The Kier molecular flexibility index (Phi) is 5.46. The molecule has 7 heteroatoms. The van der Waals surface area contributed by atoms with Crippen LogP contribution in [-0.4, -0.2) is 13.3 Å². The molecule has 0 aromatic heterocycles. The molecule has 23 heavy (non-hydrogen) atoms. The maximum Gasteiger partial charge on any atom is 0.269 e. The van der Waals surface area contributed by atoms with Gasteiger partial charge in [0.2, 0.25) is 10.0 Å². The Labute approximate surface area is 135 Å². The number of nitrogens with zero attached hydrogens (tertiary/aromatic N) is 1. The predicted molar refractivity (Wildman–Crippen MR) is 88.3 cm³/mol. The van der Waals surface area contributed by atoms with Gasteiger partial charge >= 0.3 is 0 Å². The Hall–Kier alpha value is -2.25. The van der Waals surface area contributed by atoms with Crippen LogP contribution in [0.2, 0.25) is 0 Å². The second kappa shape index (κ2) is 7.34. The molecule has 0 unspecified atom stereocenters. The molecule has 1 atom stereocenters. The number of hydrogen-bond donors (Lipinski definition) is 1. The van der Waals surface area contributed by atoms with Crippen molar-refractivity contribution in [2.45, 2.75) is 25.1 Å². The second-order valence-corrected chi connectivity index (χ2v) is 6.93. The molecule has 2 aromatic carbocycles. The van der Waals surface area contributed by atoms with Crippen molar-refractivity contribution in [3.63, 3.8) is 0 Å². The lowest BCUT2D eigenvalue weighted by Gasteiger charge is -2.17. The molecule has 0 saturated heterocycles. The summed E-state index contributed by atoms with van der Waals surface area (Å²) in [5, 5.41) is 10.8. The van der Waals surface area contributed by atoms with Crippen molar-refractivity contribution >= 4 is 15.7 Å². The summed E-state index contributed by atoms with van der Waals surface area (Å²) in [6, 6.07) is 14.7. The van der Waals surface area contributed by atoms with Crippen LogP contribution in [0.3, 0.4) is 0 Å². The summed E-state index contributed by atoms with van der Waals surface area (Å²) in [6.45, 7) is 1.90. The first kappa shape index (κ1) is 17.1. The lowest BCUT2D eigenvalue weighted by atomic mass is 10.1. The van der Waals surface area contributed by atoms with Gasteiger partial charge in [0.15, 0.2) is 0 Å². The minimum absolute atomic E-state index is 0.118. The Balaban J connectivity index is 2.15. The topological polar surface area (TPSA) is 89.3 Å². The summed E-state index contributed by atoms with van der Waals surface area (Å²) in [7, 11) is -3.61. The molecule has 0 fully saturated rings. The second-order valence-electron chi connectivity index (χ2n) is 5.18. The maximum atomic E-state index is 12.3. The standard InChI is InChI=1S/C16H18N2O4S/c1-2-16(14-8-4-3-5-9-14)17-23(21,22)12-13-7-6-10-15(11-13)18(19)20/h3-11,16-17H,2,12H2,1H3/t16-/m1/s1. The third-order valence-corrected chi connectivity index (χ3v) is 4.77. The van der Waals surface area contributed by atoms with E-state index >= 15 is 0 Å². The zero-order chi connectivity index (χ0) is 16.9. The van der Waals surface area contributed by atoms with Crippen molar-refractivity contribution in [3.05, 3.63) is 75.8 Å². The highest BCUT2D eigenvalue weighted by Gasteiger charge is 2.19. The third kappa shape index (κ3) is 4.87. The van der Waals surface area contributed by atoms with E-state index in [1.807, 2.05) is 37.3 Å². The summed E-state index contributed by atoms with van der Waals surface area (Å²) < 4.78 is 27.3. The molecule has 2 rings (SSSR count). The summed E-state index contributed by atoms with van der Waals surface area (Å²) in [4.78, 5) is 10.2. The summed E-state index contributed by atoms with van der Waals surface area (Å²) in [5.74, 6) is -0.294. The maximum absolute atomic E-state index is 12.3. The van der Waals surface area contributed by atoms with Crippen molar-refractivity contribution in [1.82, 2.24) is 4.72 Å². The van der Waals surface area contributed by atoms with Crippen molar-refractivity contribution in [3.8, 4) is 0 Å². The molecule has 0 spiro atoms. The van der Waals surface area contributed by atoms with E-state index in [0.717, 1.165) is 5.56 Å². The lowest BCUT2D eigenvalue weighted by molar-refractivity contribution is -0.384. The van der Waals surface area contributed by atoms with Crippen LogP contribution in [0.4, 0.5) is 5.69 Å². The average molecular weight is 334 g/mol. The van der Waals surface area contributed by atoms with E-state index in [9.17, 15) is 18.5 Å². The minimum atomic E-state index is -3.61. The molecular weight excluding hydrogens is 316 g/mol. The molecule has 122 valence electrons. The predicted octanol–water partition coefficient (Wildman–Crippen LogP) is 3.17. The largest absolute Gasteiger partial charge is 0.269 e. The number of nitrogens with one attached hydrogen (secondary N) is 1. The van der Waals surface area contributed by atoms with Gasteiger partial charge in [0.25, 0.3) is 5.69 Å². The fourth-order valence-electron chi connectivity index (χ4n) is 2.31. The van der Waals surface area contributed by atoms with Gasteiger partial charge in [-0.1, -0.05) is 49.4 Å². The van der Waals surface area contributed by atoms with Gasteiger partial charge in [-0.3, -0.25) is 10.1 Å². The minimum Gasteiger partial charge on any atom is -0.258 e. The van der Waals surface area contributed by atoms with Crippen LogP contribution in [-0.2, 0) is 15.8 Å². The molecule has 2 aromatic rings. The smallest absolute Gasteiger partial charge is 0.258 e. The van der Waals surface area contributed by atoms with Crippen molar-refractivity contribution in [2.75, 3.05) is 0 Å². The molecule has 1 N–H and O–H groups in total. The fourth-order valence-corrected chi connectivity index (χ4v) is 3.75. The van der Waals surface area contributed by atoms with E-state index in [1.165, 1.54) is 18.2 Å². The molecular formula is C16H18N2O4S. The molecule has 0 bridgehead atoms. The normalized spacial score (nSPS) is 12.7. The zero-order valence-electron chi connectivity index (χ0n) is 12.7. The van der Waals surface area contributed by atoms with Crippen molar-refractivity contribution < 1.29 is 13.3 Å². The molecule has 0 saturated carbocycles. The lowest BCUT2D eigenvalue weighted by Crippen LogP contribution is -2.29. The van der Waals surface area contributed by atoms with Gasteiger partial charge in [0.05, 0.1) is 10.7 Å². The van der Waals surface area contributed by atoms with E-state index in [0.29, 0.717) is 12.0 Å². The van der Waals surface area contributed by atoms with E-state index < -0.39 is 14.9 Å². The van der Waals surface area contributed by atoms with Crippen LogP contribution in [0.15, 0.2) is 54.6 Å². The summed E-state index contributed by atoms with van der Waals surface area (Å²) in [6.07, 6.45) is 0.609. The molecule has 0 amide bonds. The highest BCUT2D eigenvalue weighted by atomic mass is 32.2. The molecule has 0 aliphatic rings. The molecule has 6 nitrogen and oxygen atoms in total. The molecule has 0 heterocycles. The Morgan fingerprint density at radius 3 is 2.43 bits per heavy atom. The van der Waals surface area contributed by atoms with Gasteiger partial charge in [0, 0.05) is 18.2 Å². The number of hydrogen-bond acceptors (Lipinski definition) is 4. The van der Waals surface area contributed by atoms with Gasteiger partial charge < -0.3 is 0 Å². The SMILES string of the molecule is CC[C@@H](NS(=O)(=O)Cc1cccc([N+](=O)[O-])c1)c1ccccc1. The molecule has 0 radical (unpaired) electrons. The van der Waals surface area contributed by atoms with Crippen LogP contribution in [0, 0.1) is 10.1 Å².